The molecule has 2 rings (SSSR count). The molecular formula is C13H13BrN4O2. The summed E-state index contributed by atoms with van der Waals surface area (Å²) in [5, 5.41) is 2.79. The largest absolute Gasteiger partial charge is 0.497 e. The van der Waals surface area contributed by atoms with E-state index < -0.39 is 0 Å². The number of nitrogens with two attached hydrogens (primary N) is 1. The number of hydrogen-bond donors (Lipinski definition) is 3. The standard InChI is InChI=1S/C13H13BrN4O2/c1-20-8-2-3-10(14)11(6-8)17-13(19)9-4-5-16-7-12(9)18-15/h2-7,18H,15H2,1H3,(H,17,19). The molecule has 1 amide bonds. The molecule has 1 aromatic carbocycles. The number of benzene rings is 1. The van der Waals surface area contributed by atoms with E-state index in [1.54, 1.807) is 31.4 Å². The molecule has 7 heteroatoms. The first-order valence-corrected chi connectivity index (χ1v) is 6.50. The zero-order valence-corrected chi connectivity index (χ0v) is 12.3. The van der Waals surface area contributed by atoms with Crippen LogP contribution in [0.15, 0.2) is 41.1 Å². The van der Waals surface area contributed by atoms with E-state index in [1.165, 1.54) is 12.4 Å². The van der Waals surface area contributed by atoms with Gasteiger partial charge in [-0.3, -0.25) is 15.6 Å². The number of halogens is 1. The van der Waals surface area contributed by atoms with Crippen LogP contribution in [0, 0.1) is 0 Å². The molecule has 0 spiro atoms. The van der Waals surface area contributed by atoms with Gasteiger partial charge in [-0.2, -0.15) is 0 Å². The fourth-order valence-electron chi connectivity index (χ4n) is 1.62. The minimum atomic E-state index is -0.297. The molecule has 2 aromatic rings. The lowest BCUT2D eigenvalue weighted by Crippen LogP contribution is -2.17. The molecule has 6 nitrogen and oxygen atoms in total. The molecule has 0 aliphatic heterocycles. The van der Waals surface area contributed by atoms with Crippen molar-refractivity contribution in [3.05, 3.63) is 46.7 Å². The molecule has 0 atom stereocenters. The summed E-state index contributed by atoms with van der Waals surface area (Å²) >= 11 is 3.37. The smallest absolute Gasteiger partial charge is 0.257 e. The first-order chi connectivity index (χ1) is 9.65. The van der Waals surface area contributed by atoms with Crippen molar-refractivity contribution >= 4 is 33.2 Å². The highest BCUT2D eigenvalue weighted by atomic mass is 79.9. The third kappa shape index (κ3) is 3.06. The molecule has 0 saturated carbocycles. The summed E-state index contributed by atoms with van der Waals surface area (Å²) in [4.78, 5) is 16.1. The van der Waals surface area contributed by atoms with Crippen molar-refractivity contribution in [3.63, 3.8) is 0 Å². The first kappa shape index (κ1) is 14.3. The Morgan fingerprint density at radius 3 is 2.85 bits per heavy atom. The number of ether oxygens (including phenoxy) is 1. The lowest BCUT2D eigenvalue weighted by Gasteiger charge is -2.11. The quantitative estimate of drug-likeness (QED) is 0.589. The van der Waals surface area contributed by atoms with Gasteiger partial charge in [0.2, 0.25) is 0 Å². The van der Waals surface area contributed by atoms with Crippen LogP contribution >= 0.6 is 15.9 Å². The molecule has 1 heterocycles. The first-order valence-electron chi connectivity index (χ1n) is 5.71. The number of pyridine rings is 1. The second kappa shape index (κ2) is 6.36. The lowest BCUT2D eigenvalue weighted by atomic mass is 10.2. The number of nitrogens with one attached hydrogen (secondary N) is 2. The van der Waals surface area contributed by atoms with Crippen LogP contribution in [0.2, 0.25) is 0 Å². The van der Waals surface area contributed by atoms with Crippen LogP contribution in [0.3, 0.4) is 0 Å². The Kier molecular flexibility index (Phi) is 4.54. The van der Waals surface area contributed by atoms with E-state index in [2.05, 4.69) is 31.7 Å². The molecule has 0 aliphatic rings. The average Bonchev–Trinajstić information content (AvgIpc) is 2.49. The van der Waals surface area contributed by atoms with Gasteiger partial charge in [0.1, 0.15) is 5.75 Å². The van der Waals surface area contributed by atoms with E-state index in [0.717, 1.165) is 4.47 Å². The number of rotatable bonds is 4. The van der Waals surface area contributed by atoms with Crippen LogP contribution in [0.25, 0.3) is 0 Å². The Balaban J connectivity index is 2.27. The Hall–Kier alpha value is -2.12. The van der Waals surface area contributed by atoms with Gasteiger partial charge in [-0.1, -0.05) is 0 Å². The molecule has 0 fully saturated rings. The summed E-state index contributed by atoms with van der Waals surface area (Å²) in [5.74, 6) is 5.71. The number of hydrogen-bond acceptors (Lipinski definition) is 5. The number of anilines is 2. The predicted molar refractivity (Wildman–Crippen MR) is 80.7 cm³/mol. The van der Waals surface area contributed by atoms with Gasteiger partial charge in [0.25, 0.3) is 5.91 Å². The molecule has 0 saturated heterocycles. The third-order valence-corrected chi connectivity index (χ3v) is 3.33. The summed E-state index contributed by atoms with van der Waals surface area (Å²) < 4.78 is 5.88. The molecule has 0 aliphatic carbocycles. The van der Waals surface area contributed by atoms with Crippen molar-refractivity contribution in [2.75, 3.05) is 17.9 Å². The van der Waals surface area contributed by atoms with Gasteiger partial charge in [0.15, 0.2) is 0 Å². The molecule has 0 radical (unpaired) electrons. The van der Waals surface area contributed by atoms with Gasteiger partial charge in [-0.25, -0.2) is 0 Å². The number of carbonyl (C=O) groups excluding carboxylic acids is 1. The zero-order chi connectivity index (χ0) is 14.5. The van der Waals surface area contributed by atoms with Gasteiger partial charge in [-0.05, 0) is 34.1 Å². The van der Waals surface area contributed by atoms with Gasteiger partial charge >= 0.3 is 0 Å². The Morgan fingerprint density at radius 1 is 1.35 bits per heavy atom. The molecule has 4 N–H and O–H groups in total. The topological polar surface area (TPSA) is 89.3 Å². The fourth-order valence-corrected chi connectivity index (χ4v) is 1.97. The highest BCUT2D eigenvalue weighted by Crippen LogP contribution is 2.28. The number of aromatic nitrogens is 1. The molecule has 0 unspecified atom stereocenters. The monoisotopic (exact) mass is 336 g/mol. The van der Waals surface area contributed by atoms with Crippen LogP contribution < -0.4 is 21.3 Å². The van der Waals surface area contributed by atoms with Gasteiger partial charge < -0.3 is 15.5 Å². The van der Waals surface area contributed by atoms with Crippen LogP contribution in [0.4, 0.5) is 11.4 Å². The maximum atomic E-state index is 12.2. The van der Waals surface area contributed by atoms with Crippen LogP contribution in [-0.2, 0) is 0 Å². The Labute approximate surface area is 124 Å². The SMILES string of the molecule is COc1ccc(Br)c(NC(=O)c2ccncc2NN)c1. The van der Waals surface area contributed by atoms with E-state index in [-0.39, 0.29) is 5.91 Å². The number of methoxy groups -OCH3 is 1. The molecule has 20 heavy (non-hydrogen) atoms. The van der Waals surface area contributed by atoms with Crippen LogP contribution in [-0.4, -0.2) is 18.0 Å². The highest BCUT2D eigenvalue weighted by Gasteiger charge is 2.13. The van der Waals surface area contributed by atoms with Crippen molar-refractivity contribution in [1.29, 1.82) is 0 Å². The van der Waals surface area contributed by atoms with E-state index in [0.29, 0.717) is 22.7 Å². The number of carbonyl (C=O) groups is 1. The Bertz CT molecular complexity index is 634. The van der Waals surface area contributed by atoms with E-state index >= 15 is 0 Å². The van der Waals surface area contributed by atoms with Crippen LogP contribution in [0.1, 0.15) is 10.4 Å². The predicted octanol–water partition coefficient (Wildman–Crippen LogP) is 2.39. The summed E-state index contributed by atoms with van der Waals surface area (Å²) in [6, 6.07) is 6.89. The average molecular weight is 337 g/mol. The fraction of sp³-hybridized carbons (Fsp3) is 0.0769. The van der Waals surface area contributed by atoms with Gasteiger partial charge in [-0.15, -0.1) is 0 Å². The minimum absolute atomic E-state index is 0.297. The number of hydrazine groups is 1. The summed E-state index contributed by atoms with van der Waals surface area (Å²) in [5.41, 5.74) is 3.89. The maximum absolute atomic E-state index is 12.2. The van der Waals surface area contributed by atoms with E-state index in [9.17, 15) is 4.79 Å². The molecular weight excluding hydrogens is 324 g/mol. The number of nitrogen functional groups attached to an aromatic ring is 1. The zero-order valence-electron chi connectivity index (χ0n) is 10.7. The van der Waals surface area contributed by atoms with Crippen molar-refractivity contribution in [2.45, 2.75) is 0 Å². The second-order valence-corrected chi connectivity index (χ2v) is 4.72. The van der Waals surface area contributed by atoms with Crippen molar-refractivity contribution in [3.8, 4) is 5.75 Å². The second-order valence-electron chi connectivity index (χ2n) is 3.87. The van der Waals surface area contributed by atoms with Crippen molar-refractivity contribution in [2.24, 2.45) is 5.84 Å². The Morgan fingerprint density at radius 2 is 2.15 bits per heavy atom. The highest BCUT2D eigenvalue weighted by molar-refractivity contribution is 9.10. The minimum Gasteiger partial charge on any atom is -0.497 e. The van der Waals surface area contributed by atoms with Crippen molar-refractivity contribution in [1.82, 2.24) is 4.98 Å². The summed E-state index contributed by atoms with van der Waals surface area (Å²) in [7, 11) is 1.56. The normalized spacial score (nSPS) is 9.95. The summed E-state index contributed by atoms with van der Waals surface area (Å²) in [6.07, 6.45) is 3.01. The third-order valence-electron chi connectivity index (χ3n) is 2.64. The van der Waals surface area contributed by atoms with Crippen LogP contribution in [0.5, 0.6) is 5.75 Å². The van der Waals surface area contributed by atoms with Gasteiger partial charge in [0, 0.05) is 16.7 Å². The number of amides is 1. The maximum Gasteiger partial charge on any atom is 0.257 e. The summed E-state index contributed by atoms with van der Waals surface area (Å²) in [6.45, 7) is 0. The molecule has 1 aromatic heterocycles. The number of nitrogens with zero attached hydrogens (tertiary/aromatic N) is 1. The molecule has 0 bridgehead atoms. The lowest BCUT2D eigenvalue weighted by molar-refractivity contribution is 0.102. The van der Waals surface area contributed by atoms with E-state index in [1.807, 2.05) is 0 Å². The molecule has 104 valence electrons. The van der Waals surface area contributed by atoms with Crippen molar-refractivity contribution < 1.29 is 9.53 Å². The van der Waals surface area contributed by atoms with E-state index in [4.69, 9.17) is 10.6 Å². The van der Waals surface area contributed by atoms with Gasteiger partial charge in [0.05, 0.1) is 30.2 Å².